The lowest BCUT2D eigenvalue weighted by Crippen LogP contribution is -2.56. The predicted molar refractivity (Wildman–Crippen MR) is 111 cm³/mol. The minimum absolute atomic E-state index is 0.107. The number of rotatable bonds is 3. The first-order valence-corrected chi connectivity index (χ1v) is 10.2. The average molecular weight is 402 g/mol. The van der Waals surface area contributed by atoms with Gasteiger partial charge in [0.2, 0.25) is 0 Å². The number of benzene rings is 2. The fourth-order valence-corrected chi connectivity index (χ4v) is 4.40. The summed E-state index contributed by atoms with van der Waals surface area (Å²) >= 11 is 6.20. The summed E-state index contributed by atoms with van der Waals surface area (Å²) in [4.78, 5) is 7.53. The third-order valence-corrected chi connectivity index (χ3v) is 6.10. The van der Waals surface area contributed by atoms with Crippen LogP contribution in [0, 0.1) is 5.82 Å². The molecule has 1 saturated heterocycles. The van der Waals surface area contributed by atoms with E-state index < -0.39 is 0 Å². The first-order chi connectivity index (χ1) is 13.5. The van der Waals surface area contributed by atoms with Crippen LogP contribution in [0.4, 0.5) is 4.39 Å². The topological polar surface area (TPSA) is 47.9 Å². The van der Waals surface area contributed by atoms with Crippen LogP contribution in [0.15, 0.2) is 47.5 Å². The number of hydrogen-bond donors (Lipinski definition) is 2. The van der Waals surface area contributed by atoms with Crippen molar-refractivity contribution in [1.29, 1.82) is 0 Å². The van der Waals surface area contributed by atoms with Gasteiger partial charge in [-0.3, -0.25) is 10.3 Å². The summed E-state index contributed by atoms with van der Waals surface area (Å²) in [5.74, 6) is -0.0308. The third-order valence-electron chi connectivity index (χ3n) is 5.86. The van der Waals surface area contributed by atoms with Gasteiger partial charge in [-0.15, -0.1) is 0 Å². The molecular weight excluding hydrogens is 377 g/mol. The second-order valence-corrected chi connectivity index (χ2v) is 8.07. The molecule has 0 amide bonds. The van der Waals surface area contributed by atoms with Crippen LogP contribution in [0.2, 0.25) is 5.02 Å². The molecule has 1 fully saturated rings. The van der Waals surface area contributed by atoms with Crippen LogP contribution >= 0.6 is 11.6 Å². The molecular formula is C22H25ClFN3O. The van der Waals surface area contributed by atoms with Crippen molar-refractivity contribution in [3.63, 3.8) is 0 Å². The van der Waals surface area contributed by atoms with Gasteiger partial charge in [0, 0.05) is 41.8 Å². The highest BCUT2D eigenvalue weighted by Gasteiger charge is 2.40. The second kappa shape index (κ2) is 7.82. The normalized spacial score (nSPS) is 22.2. The Morgan fingerprint density at radius 3 is 2.61 bits per heavy atom. The van der Waals surface area contributed by atoms with Gasteiger partial charge in [-0.05, 0) is 55.3 Å². The van der Waals surface area contributed by atoms with Crippen LogP contribution < -0.4 is 5.32 Å². The fraction of sp³-hybridized carbons (Fsp3) is 0.409. The molecule has 2 aliphatic heterocycles. The number of phenols is 1. The standard InChI is InChI=1S/C22H25ClFN3O/c1-2-27-11-9-22(10-12-27)25-19(15-3-6-17(24)7-4-15)14-20(26-22)18-13-16(23)5-8-21(18)28/h3-8,13,20,26,28H,2,9-12,14H2,1H3/t20-/m0/s1. The summed E-state index contributed by atoms with van der Waals surface area (Å²) in [5.41, 5.74) is 2.26. The van der Waals surface area contributed by atoms with Gasteiger partial charge in [0.15, 0.2) is 0 Å². The summed E-state index contributed by atoms with van der Waals surface area (Å²) in [5, 5.41) is 14.7. The molecule has 0 saturated carbocycles. The molecule has 0 aliphatic carbocycles. The fourth-order valence-electron chi connectivity index (χ4n) is 4.22. The Balaban J connectivity index is 1.72. The molecule has 4 rings (SSSR count). The lowest BCUT2D eigenvalue weighted by atomic mass is 9.87. The van der Waals surface area contributed by atoms with Crippen molar-refractivity contribution in [1.82, 2.24) is 10.2 Å². The van der Waals surface area contributed by atoms with E-state index in [9.17, 15) is 9.50 Å². The van der Waals surface area contributed by atoms with Crippen LogP contribution in [-0.2, 0) is 0 Å². The van der Waals surface area contributed by atoms with Gasteiger partial charge < -0.3 is 10.0 Å². The zero-order valence-corrected chi connectivity index (χ0v) is 16.7. The molecule has 6 heteroatoms. The van der Waals surface area contributed by atoms with Gasteiger partial charge in [0.25, 0.3) is 0 Å². The Morgan fingerprint density at radius 2 is 1.93 bits per heavy atom. The van der Waals surface area contributed by atoms with Crippen molar-refractivity contribution in [2.75, 3.05) is 19.6 Å². The van der Waals surface area contributed by atoms with Gasteiger partial charge in [-0.2, -0.15) is 0 Å². The molecule has 2 aromatic rings. The molecule has 148 valence electrons. The van der Waals surface area contributed by atoms with E-state index in [1.54, 1.807) is 24.3 Å². The minimum atomic E-state index is -0.382. The molecule has 4 nitrogen and oxygen atoms in total. The van der Waals surface area contributed by atoms with E-state index in [1.807, 2.05) is 6.07 Å². The van der Waals surface area contributed by atoms with Gasteiger partial charge in [0.1, 0.15) is 17.2 Å². The van der Waals surface area contributed by atoms with Crippen molar-refractivity contribution in [3.8, 4) is 5.75 Å². The molecule has 2 aromatic carbocycles. The zero-order chi connectivity index (χ0) is 19.7. The second-order valence-electron chi connectivity index (χ2n) is 7.64. The molecule has 0 unspecified atom stereocenters. The highest BCUT2D eigenvalue weighted by molar-refractivity contribution is 6.30. The molecule has 0 radical (unpaired) electrons. The van der Waals surface area contributed by atoms with E-state index in [-0.39, 0.29) is 23.3 Å². The maximum atomic E-state index is 13.4. The summed E-state index contributed by atoms with van der Waals surface area (Å²) in [6.07, 6.45) is 2.39. The summed E-state index contributed by atoms with van der Waals surface area (Å²) in [6, 6.07) is 11.5. The minimum Gasteiger partial charge on any atom is -0.508 e. The van der Waals surface area contributed by atoms with E-state index in [1.165, 1.54) is 12.1 Å². The number of halogens is 2. The quantitative estimate of drug-likeness (QED) is 0.794. The molecule has 1 spiro atoms. The van der Waals surface area contributed by atoms with Crippen molar-refractivity contribution in [3.05, 3.63) is 64.4 Å². The monoisotopic (exact) mass is 401 g/mol. The Bertz CT molecular complexity index is 876. The largest absolute Gasteiger partial charge is 0.508 e. The van der Waals surface area contributed by atoms with E-state index >= 15 is 0 Å². The Morgan fingerprint density at radius 1 is 1.21 bits per heavy atom. The van der Waals surface area contributed by atoms with Crippen LogP contribution in [0.25, 0.3) is 0 Å². The third kappa shape index (κ3) is 3.93. The number of likely N-dealkylation sites (tertiary alicyclic amines) is 1. The van der Waals surface area contributed by atoms with Crippen LogP contribution in [0.1, 0.15) is 43.4 Å². The van der Waals surface area contributed by atoms with Crippen molar-refractivity contribution < 1.29 is 9.50 Å². The first kappa shape index (κ1) is 19.4. The van der Waals surface area contributed by atoms with Gasteiger partial charge in [-0.1, -0.05) is 30.7 Å². The van der Waals surface area contributed by atoms with Gasteiger partial charge in [0.05, 0.1) is 0 Å². The number of nitrogens with zero attached hydrogens (tertiary/aromatic N) is 2. The number of aromatic hydroxyl groups is 1. The maximum absolute atomic E-state index is 13.4. The lowest BCUT2D eigenvalue weighted by molar-refractivity contribution is 0.129. The molecule has 1 atom stereocenters. The van der Waals surface area contributed by atoms with Gasteiger partial charge in [-0.25, -0.2) is 4.39 Å². The van der Waals surface area contributed by atoms with Crippen molar-refractivity contribution in [2.24, 2.45) is 4.99 Å². The SMILES string of the molecule is CCN1CCC2(CC1)N=C(c1ccc(F)cc1)C[C@@H](c1cc(Cl)ccc1O)N2. The van der Waals surface area contributed by atoms with Gasteiger partial charge >= 0.3 is 0 Å². The Kier molecular flexibility index (Phi) is 5.41. The molecule has 28 heavy (non-hydrogen) atoms. The molecule has 2 aliphatic rings. The molecule has 0 aromatic heterocycles. The predicted octanol–water partition coefficient (Wildman–Crippen LogP) is 4.52. The number of piperidine rings is 1. The number of aliphatic imine (C=N–C) groups is 1. The summed E-state index contributed by atoms with van der Waals surface area (Å²) < 4.78 is 13.4. The number of nitrogens with one attached hydrogen (secondary N) is 1. The highest BCUT2D eigenvalue weighted by atomic mass is 35.5. The summed E-state index contributed by atoms with van der Waals surface area (Å²) in [6.45, 7) is 5.14. The van der Waals surface area contributed by atoms with Crippen molar-refractivity contribution in [2.45, 2.75) is 37.9 Å². The van der Waals surface area contributed by atoms with Crippen LogP contribution in [-0.4, -0.2) is 41.0 Å². The first-order valence-electron chi connectivity index (χ1n) is 9.81. The molecule has 0 bridgehead atoms. The number of hydrogen-bond acceptors (Lipinski definition) is 4. The molecule has 2 N–H and O–H groups in total. The van der Waals surface area contributed by atoms with E-state index in [0.717, 1.165) is 49.3 Å². The lowest BCUT2D eigenvalue weighted by Gasteiger charge is -2.45. The number of phenolic OH excluding ortho intramolecular Hbond substituents is 1. The van der Waals surface area contributed by atoms with E-state index in [0.29, 0.717) is 11.4 Å². The van der Waals surface area contributed by atoms with Crippen LogP contribution in [0.5, 0.6) is 5.75 Å². The van der Waals surface area contributed by atoms with E-state index in [2.05, 4.69) is 17.1 Å². The zero-order valence-electron chi connectivity index (χ0n) is 16.0. The van der Waals surface area contributed by atoms with Crippen molar-refractivity contribution >= 4 is 17.3 Å². The Hall–Kier alpha value is -1.95. The smallest absolute Gasteiger partial charge is 0.123 e. The average Bonchev–Trinajstić information content (AvgIpc) is 2.70. The maximum Gasteiger partial charge on any atom is 0.123 e. The summed E-state index contributed by atoms with van der Waals surface area (Å²) in [7, 11) is 0. The Labute approximate surface area is 170 Å². The van der Waals surface area contributed by atoms with E-state index in [4.69, 9.17) is 16.6 Å². The highest BCUT2D eigenvalue weighted by Crippen LogP contribution is 2.38. The van der Waals surface area contributed by atoms with Crippen LogP contribution in [0.3, 0.4) is 0 Å². The molecule has 2 heterocycles.